The highest BCUT2D eigenvalue weighted by atomic mass is 19.1. The van der Waals surface area contributed by atoms with Crippen molar-refractivity contribution in [1.29, 1.82) is 0 Å². The van der Waals surface area contributed by atoms with Gasteiger partial charge in [0, 0.05) is 12.4 Å². The maximum Gasteiger partial charge on any atom is 0.199 e. The number of carbonyl (C=O) groups is 1. The Bertz CT molecular complexity index is 531. The monoisotopic (exact) mass is 214 g/mol. The van der Waals surface area contributed by atoms with Crippen molar-refractivity contribution < 1.29 is 9.18 Å². The molecule has 0 radical (unpaired) electrons. The third-order valence-corrected chi connectivity index (χ3v) is 2.19. The van der Waals surface area contributed by atoms with E-state index in [1.165, 1.54) is 30.9 Å². The minimum absolute atomic E-state index is 0.0420. The molecule has 2 rings (SSSR count). The molecule has 0 unspecified atom stereocenters. The number of halogens is 1. The van der Waals surface area contributed by atoms with E-state index < -0.39 is 11.6 Å². The summed E-state index contributed by atoms with van der Waals surface area (Å²) in [6.45, 7) is 0. The van der Waals surface area contributed by atoms with Crippen LogP contribution in [0.2, 0.25) is 0 Å². The highest BCUT2D eigenvalue weighted by Gasteiger charge is 2.13. The van der Waals surface area contributed by atoms with Gasteiger partial charge in [-0.05, 0) is 12.1 Å². The molecule has 1 heterocycles. The topological polar surface area (TPSA) is 42.9 Å². The van der Waals surface area contributed by atoms with Gasteiger partial charge in [-0.1, -0.05) is 11.5 Å². The van der Waals surface area contributed by atoms with Crippen molar-refractivity contribution in [1.82, 2.24) is 9.97 Å². The maximum absolute atomic E-state index is 13.5. The third kappa shape index (κ3) is 1.98. The van der Waals surface area contributed by atoms with Crippen molar-refractivity contribution in [2.45, 2.75) is 0 Å². The minimum atomic E-state index is -0.520. The van der Waals surface area contributed by atoms with Crippen molar-refractivity contribution in [2.75, 3.05) is 0 Å². The number of hydrogen-bond donors (Lipinski definition) is 0. The van der Waals surface area contributed by atoms with Crippen LogP contribution < -0.4 is 5.46 Å². The average molecular weight is 214 g/mol. The van der Waals surface area contributed by atoms with Crippen molar-refractivity contribution in [2.24, 2.45) is 0 Å². The summed E-state index contributed by atoms with van der Waals surface area (Å²) >= 11 is 0. The smallest absolute Gasteiger partial charge is 0.199 e. The Balaban J connectivity index is 2.42. The lowest BCUT2D eigenvalue weighted by Gasteiger charge is -2.02. The molecule has 16 heavy (non-hydrogen) atoms. The Labute approximate surface area is 92.8 Å². The first-order valence-corrected chi connectivity index (χ1v) is 4.74. The molecule has 5 heteroatoms. The van der Waals surface area contributed by atoms with Gasteiger partial charge in [0.05, 0.1) is 11.1 Å². The van der Waals surface area contributed by atoms with E-state index in [0.717, 1.165) is 5.46 Å². The molecule has 1 aromatic heterocycles. The van der Waals surface area contributed by atoms with E-state index >= 15 is 0 Å². The predicted molar refractivity (Wildman–Crippen MR) is 60.0 cm³/mol. The van der Waals surface area contributed by atoms with Gasteiger partial charge in [0.1, 0.15) is 20.0 Å². The Morgan fingerprint density at radius 2 is 1.94 bits per heavy atom. The molecular weight excluding hydrogens is 206 g/mol. The number of ketones is 1. The van der Waals surface area contributed by atoms with Crippen LogP contribution in [0.4, 0.5) is 4.39 Å². The fourth-order valence-electron chi connectivity index (χ4n) is 1.38. The van der Waals surface area contributed by atoms with Crippen LogP contribution in [0.15, 0.2) is 36.9 Å². The molecule has 0 atom stereocenters. The molecule has 78 valence electrons. The Morgan fingerprint density at radius 1 is 1.25 bits per heavy atom. The zero-order chi connectivity index (χ0) is 11.5. The molecule has 0 aliphatic heterocycles. The first kappa shape index (κ1) is 10.5. The zero-order valence-corrected chi connectivity index (χ0v) is 8.64. The van der Waals surface area contributed by atoms with Crippen molar-refractivity contribution in [3.63, 3.8) is 0 Å². The van der Waals surface area contributed by atoms with E-state index in [1.807, 2.05) is 0 Å². The number of rotatable bonds is 2. The van der Waals surface area contributed by atoms with Crippen LogP contribution >= 0.6 is 0 Å². The summed E-state index contributed by atoms with van der Waals surface area (Å²) in [4.78, 5) is 19.3. The maximum atomic E-state index is 13.5. The minimum Gasteiger partial charge on any atom is -0.288 e. The predicted octanol–water partition coefficient (Wildman–Crippen LogP) is 0.105. The lowest BCUT2D eigenvalue weighted by Crippen LogP contribution is -2.10. The van der Waals surface area contributed by atoms with Gasteiger partial charge >= 0.3 is 0 Å². The number of nitrogens with zero attached hydrogens (tertiary/aromatic N) is 2. The lowest BCUT2D eigenvalue weighted by atomic mass is 9.93. The van der Waals surface area contributed by atoms with Crippen LogP contribution in [0.1, 0.15) is 15.9 Å². The van der Waals surface area contributed by atoms with E-state index in [2.05, 4.69) is 9.97 Å². The summed E-state index contributed by atoms with van der Waals surface area (Å²) in [6, 6.07) is 4.50. The summed E-state index contributed by atoms with van der Waals surface area (Å²) in [5.74, 6) is -0.924. The summed E-state index contributed by atoms with van der Waals surface area (Å²) in [7, 11) is 1.77. The van der Waals surface area contributed by atoms with Crippen LogP contribution in [0.3, 0.4) is 0 Å². The highest BCUT2D eigenvalue weighted by Crippen LogP contribution is 2.10. The molecule has 0 aliphatic rings. The van der Waals surface area contributed by atoms with Crippen molar-refractivity contribution in [3.8, 4) is 0 Å². The molecule has 0 amide bonds. The molecular formula is C11H8BFN2O. The average Bonchev–Trinajstić information content (AvgIpc) is 2.29. The zero-order valence-electron chi connectivity index (χ0n) is 8.64. The fourth-order valence-corrected chi connectivity index (χ4v) is 1.38. The second kappa shape index (κ2) is 4.22. The lowest BCUT2D eigenvalue weighted by molar-refractivity contribution is 0.103. The van der Waals surface area contributed by atoms with Gasteiger partial charge in [-0.3, -0.25) is 4.79 Å². The molecule has 1 aromatic carbocycles. The number of hydrogen-bond acceptors (Lipinski definition) is 3. The standard InChI is InChI=1S/C11H8BFN2O/c12-8-1-2-9(10(13)3-8)11(16)7-4-14-6-15-5-7/h1-6H,12H2. The molecule has 0 N–H and O–H groups in total. The Hall–Kier alpha value is -2.04. The van der Waals surface area contributed by atoms with Gasteiger partial charge in [0.25, 0.3) is 0 Å². The largest absolute Gasteiger partial charge is 0.288 e. The fraction of sp³-hybridized carbons (Fsp3) is 0. The van der Waals surface area contributed by atoms with E-state index in [4.69, 9.17) is 0 Å². The van der Waals surface area contributed by atoms with Gasteiger partial charge in [-0.25, -0.2) is 14.4 Å². The molecule has 2 aromatic rings. The number of aromatic nitrogens is 2. The van der Waals surface area contributed by atoms with Gasteiger partial charge in [-0.15, -0.1) is 0 Å². The summed E-state index contributed by atoms with van der Waals surface area (Å²) < 4.78 is 13.5. The van der Waals surface area contributed by atoms with Crippen LogP contribution in [-0.2, 0) is 0 Å². The van der Waals surface area contributed by atoms with Gasteiger partial charge in [-0.2, -0.15) is 0 Å². The SMILES string of the molecule is Bc1ccc(C(=O)c2cncnc2)c(F)c1. The highest BCUT2D eigenvalue weighted by molar-refractivity contribution is 6.32. The molecule has 0 saturated heterocycles. The van der Waals surface area contributed by atoms with Crippen LogP contribution in [0, 0.1) is 5.82 Å². The third-order valence-electron chi connectivity index (χ3n) is 2.19. The van der Waals surface area contributed by atoms with Crippen molar-refractivity contribution in [3.05, 3.63) is 53.9 Å². The molecule has 0 fully saturated rings. The van der Waals surface area contributed by atoms with E-state index in [1.54, 1.807) is 13.9 Å². The number of carbonyl (C=O) groups excluding carboxylic acids is 1. The molecule has 0 aliphatic carbocycles. The Morgan fingerprint density at radius 3 is 2.56 bits per heavy atom. The van der Waals surface area contributed by atoms with E-state index in [9.17, 15) is 9.18 Å². The summed E-state index contributed by atoms with van der Waals surface area (Å²) in [5, 5.41) is 0. The Kier molecular flexibility index (Phi) is 2.77. The second-order valence-corrected chi connectivity index (χ2v) is 3.44. The second-order valence-electron chi connectivity index (χ2n) is 3.44. The van der Waals surface area contributed by atoms with E-state index in [-0.39, 0.29) is 11.1 Å². The van der Waals surface area contributed by atoms with Gasteiger partial charge in [0.15, 0.2) is 5.78 Å². The van der Waals surface area contributed by atoms with Crippen LogP contribution in [0.5, 0.6) is 0 Å². The summed E-state index contributed by atoms with van der Waals surface area (Å²) in [6.07, 6.45) is 4.06. The normalized spacial score (nSPS) is 10.1. The quantitative estimate of drug-likeness (QED) is 0.526. The molecule has 3 nitrogen and oxygen atoms in total. The summed E-state index contributed by atoms with van der Waals surface area (Å²) in [5.41, 5.74) is 1.10. The number of benzene rings is 1. The van der Waals surface area contributed by atoms with Gasteiger partial charge < -0.3 is 0 Å². The first-order chi connectivity index (χ1) is 7.68. The van der Waals surface area contributed by atoms with Crippen LogP contribution in [0.25, 0.3) is 0 Å². The molecule has 0 saturated carbocycles. The molecule has 0 bridgehead atoms. The molecule has 0 spiro atoms. The first-order valence-electron chi connectivity index (χ1n) is 4.74. The van der Waals surface area contributed by atoms with Crippen LogP contribution in [-0.4, -0.2) is 23.6 Å². The van der Waals surface area contributed by atoms with Crippen molar-refractivity contribution >= 4 is 19.1 Å². The van der Waals surface area contributed by atoms with E-state index in [0.29, 0.717) is 0 Å². The van der Waals surface area contributed by atoms with Gasteiger partial charge in [0.2, 0.25) is 0 Å².